The molecule has 3 saturated heterocycles. The fourth-order valence-corrected chi connectivity index (χ4v) is 15.6. The molecular weight excluding hydrogens is 1590 g/mol. The molecule has 29 N–H and O–H groups in total. The highest BCUT2D eigenvalue weighted by Gasteiger charge is 2.46. The number of benzene rings is 2. The summed E-state index contributed by atoms with van der Waals surface area (Å²) in [5.74, 6) is -12.0. The van der Waals surface area contributed by atoms with Gasteiger partial charge in [0.05, 0.1) is 6.10 Å². The lowest BCUT2D eigenvalue weighted by atomic mass is 9.99. The highest BCUT2D eigenvalue weighted by atomic mass is 16.3. The van der Waals surface area contributed by atoms with Crippen LogP contribution in [0.15, 0.2) is 65.9 Å². The van der Waals surface area contributed by atoms with E-state index in [0.717, 1.165) is 0 Å². The van der Waals surface area contributed by atoms with Crippen LogP contribution in [0.5, 0.6) is 0 Å². The number of hydrogen-bond donors (Lipinski definition) is 22. The maximum absolute atomic E-state index is 15.2. The van der Waals surface area contributed by atoms with E-state index in [9.17, 15) is 48.3 Å². The Kier molecular flexibility index (Phi) is 40.9. The molecular formula is C84H134N24O15. The van der Waals surface area contributed by atoms with Crippen LogP contribution < -0.4 is 104 Å². The summed E-state index contributed by atoms with van der Waals surface area (Å²) >= 11 is 0. The van der Waals surface area contributed by atoms with E-state index < -0.39 is 173 Å². The standard InChI is InChI=1S/C84H134N24O15/c1-48(2)43-64-77(117)100-60(29-12-17-37-87)76(116)98-59(28-11-16-36-86)74(114)99-62(32-20-40-92-84(90)91)73(113)96-50(4)71(111)103-65(44-52-46-93-56-25-8-6-23-54(52)56)78(118)101-61(30-13-18-38-88)75(115)97-58(27-10-15-35-85)72(112)95-49(3)70(110)102-63(31-14-19-39-89)82(122)108-42-22-34-68(108)83(123)107-41-21-33-67(107)80(120)106-69(51(5)109)81(121)105-66(79(119)104-64)45-53-47-94-57-26-9-7-24-55(53)57/h6-9,23-26,46-51,58-69,93-94,109H,10-22,27-45,85-89H2,1-5H3,(H,95,112)(H,96,113)(H,97,115)(H,98,116)(H,99,114)(H,100,117)(H,101,118)(H,102,110)(H,103,111)(H,104,119)(H,105,121)(H,106,120)(H4,90,91,92)/t49-,50-,51+,58-,59-,60-,61-,62-,63-,64-,65-,66-,67-,68+,69-/m0/s1. The molecule has 39 nitrogen and oxygen atoms in total. The van der Waals surface area contributed by atoms with Gasteiger partial charge in [-0.2, -0.15) is 0 Å². The normalized spacial score (nSPS) is 25.3. The number of nitrogens with one attached hydrogen (secondary N) is 14. The van der Waals surface area contributed by atoms with Crippen LogP contribution in [0.25, 0.3) is 21.8 Å². The van der Waals surface area contributed by atoms with Crippen molar-refractivity contribution in [3.8, 4) is 0 Å². The minimum atomic E-state index is -1.75. The first-order chi connectivity index (χ1) is 58.9. The van der Waals surface area contributed by atoms with Gasteiger partial charge < -0.3 is 129 Å². The van der Waals surface area contributed by atoms with E-state index in [1.165, 1.54) is 30.6 Å². The highest BCUT2D eigenvalue weighted by molar-refractivity contribution is 6.02. The molecule has 3 aliphatic rings. The first-order valence-electron chi connectivity index (χ1n) is 43.5. The molecule has 14 amide bonds. The Hall–Kier alpha value is -10.9. The fraction of sp³-hybridized carbons (Fsp3) is 0.631. The number of H-pyrrole nitrogens is 2. The second kappa shape index (κ2) is 50.6. The van der Waals surface area contributed by atoms with Gasteiger partial charge in [0.25, 0.3) is 0 Å². The number of hydrogen-bond acceptors (Lipinski definition) is 21. The van der Waals surface area contributed by atoms with Crippen molar-refractivity contribution in [3.05, 3.63) is 72.1 Å². The molecule has 0 bridgehead atoms. The summed E-state index contributed by atoms with van der Waals surface area (Å²) in [6, 6.07) is -5.13. The third kappa shape index (κ3) is 30.3. The Morgan fingerprint density at radius 2 is 0.724 bits per heavy atom. The zero-order valence-corrected chi connectivity index (χ0v) is 71.7. The number of fused-ring (bicyclic) bond motifs is 4. The molecule has 0 radical (unpaired) electrons. The summed E-state index contributed by atoms with van der Waals surface area (Å²) in [5.41, 5.74) is 43.6. The van der Waals surface area contributed by atoms with Gasteiger partial charge in [0.1, 0.15) is 84.6 Å². The second-order valence-electron chi connectivity index (χ2n) is 32.7. The van der Waals surface area contributed by atoms with Crippen molar-refractivity contribution < 1.29 is 72.2 Å². The lowest BCUT2D eigenvalue weighted by Crippen LogP contribution is -2.62. The monoisotopic (exact) mass is 1720 g/mol. The largest absolute Gasteiger partial charge is 0.391 e. The number of aliphatic hydroxyl groups excluding tert-OH is 1. The number of nitrogens with zero attached hydrogens (tertiary/aromatic N) is 3. The topological polar surface area (TPSA) is 636 Å². The molecule has 2 aromatic carbocycles. The number of rotatable bonds is 31. The second-order valence-corrected chi connectivity index (χ2v) is 32.7. The highest BCUT2D eigenvalue weighted by Crippen LogP contribution is 2.28. The smallest absolute Gasteiger partial charge is 0.246 e. The van der Waals surface area contributed by atoms with Crippen molar-refractivity contribution in [1.82, 2.24) is 83.6 Å². The van der Waals surface area contributed by atoms with Crippen LogP contribution in [0.2, 0.25) is 0 Å². The van der Waals surface area contributed by atoms with Gasteiger partial charge in [-0.05, 0) is 224 Å². The summed E-state index contributed by atoms with van der Waals surface area (Å²) < 4.78 is 0. The number of para-hydroxylation sites is 2. The predicted octanol–water partition coefficient (Wildman–Crippen LogP) is -2.59. The lowest BCUT2D eigenvalue weighted by molar-refractivity contribution is -0.148. The molecule has 3 fully saturated rings. The molecule has 0 aliphatic carbocycles. The van der Waals surface area contributed by atoms with Crippen LogP contribution >= 0.6 is 0 Å². The molecule has 0 saturated carbocycles. The van der Waals surface area contributed by atoms with E-state index in [-0.39, 0.29) is 154 Å². The SMILES string of the molecule is CC(C)C[C@@H]1NC(=O)[C@H](Cc2c[nH]c3ccccc23)NC(=O)[C@H]([C@@H](C)O)NC(=O)[C@@H]2CCCN2C(=O)[C@H]2CCCN2C(=O)[C@H](CCCCN)NC(=O)[C@H](C)NC(=O)[C@H](CCCCN)NC(=O)[C@H](CCCCN)NC(=O)[C@H](Cc2c[nH]c3ccccc23)NC(=O)[C@H](C)NC(=O)[C@H](CCCN=C(N)N)NC(=O)[C@H](CCCCN)NC(=O)[C@H](CCCCN)NC1=O. The third-order valence-electron chi connectivity index (χ3n) is 22.5. The summed E-state index contributed by atoms with van der Waals surface area (Å²) in [6.07, 6.45) is 5.79. The van der Waals surface area contributed by atoms with Gasteiger partial charge in [-0.15, -0.1) is 0 Å². The summed E-state index contributed by atoms with van der Waals surface area (Å²) in [7, 11) is 0. The summed E-state index contributed by atoms with van der Waals surface area (Å²) in [5, 5.41) is 45.9. The minimum absolute atomic E-state index is 0.00669. The van der Waals surface area contributed by atoms with Gasteiger partial charge in [0, 0.05) is 66.7 Å². The van der Waals surface area contributed by atoms with E-state index in [0.29, 0.717) is 97.1 Å². The minimum Gasteiger partial charge on any atom is -0.391 e. The molecule has 3 aliphatic heterocycles. The predicted molar refractivity (Wildman–Crippen MR) is 464 cm³/mol. The zero-order chi connectivity index (χ0) is 89.8. The van der Waals surface area contributed by atoms with Crippen LogP contribution in [0, 0.1) is 5.92 Å². The number of aromatic amines is 2. The number of aliphatic hydroxyl groups is 1. The number of nitrogens with two attached hydrogens (primary N) is 7. The first kappa shape index (κ1) is 99.2. The zero-order valence-electron chi connectivity index (χ0n) is 71.7. The first-order valence-corrected chi connectivity index (χ1v) is 43.5. The number of aromatic nitrogens is 2. The molecule has 15 atom stereocenters. The number of amides is 14. The summed E-state index contributed by atoms with van der Waals surface area (Å²) in [4.78, 5) is 222. The van der Waals surface area contributed by atoms with E-state index in [1.807, 2.05) is 6.07 Å². The Morgan fingerprint density at radius 3 is 1.12 bits per heavy atom. The van der Waals surface area contributed by atoms with Crippen LogP contribution in [0.1, 0.15) is 187 Å². The van der Waals surface area contributed by atoms with Crippen LogP contribution in [-0.2, 0) is 80.0 Å². The third-order valence-corrected chi connectivity index (χ3v) is 22.5. The van der Waals surface area contributed by atoms with Crippen molar-refractivity contribution in [2.45, 2.75) is 279 Å². The molecule has 5 heterocycles. The number of carbonyl (C=O) groups excluding carboxylic acids is 14. The quantitative estimate of drug-likeness (QED) is 0.0140. The van der Waals surface area contributed by atoms with E-state index >= 15 is 24.0 Å². The van der Waals surface area contributed by atoms with Gasteiger partial charge in [-0.25, -0.2) is 0 Å². The van der Waals surface area contributed by atoms with Gasteiger partial charge in [0.2, 0.25) is 82.7 Å². The van der Waals surface area contributed by atoms with Crippen molar-refractivity contribution in [2.75, 3.05) is 52.4 Å². The van der Waals surface area contributed by atoms with Gasteiger partial charge in [-0.3, -0.25) is 72.1 Å². The van der Waals surface area contributed by atoms with Gasteiger partial charge >= 0.3 is 0 Å². The maximum atomic E-state index is 15.2. The molecule has 4 aromatic rings. The average Bonchev–Trinajstić information content (AvgIpc) is 1.62. The van der Waals surface area contributed by atoms with E-state index in [1.54, 1.807) is 68.7 Å². The molecule has 0 spiro atoms. The van der Waals surface area contributed by atoms with Gasteiger partial charge in [0.15, 0.2) is 5.96 Å². The summed E-state index contributed by atoms with van der Waals surface area (Å²) in [6.45, 7) is 8.78. The van der Waals surface area contributed by atoms with E-state index in [2.05, 4.69) is 78.8 Å². The number of unbranched alkanes of at least 4 members (excludes halogenated alkanes) is 5. The Bertz CT molecular complexity index is 4230. The molecule has 39 heteroatoms. The van der Waals surface area contributed by atoms with E-state index in [4.69, 9.17) is 40.1 Å². The molecule has 7 rings (SSSR count). The van der Waals surface area contributed by atoms with Crippen molar-refractivity contribution in [3.63, 3.8) is 0 Å². The van der Waals surface area contributed by atoms with Crippen LogP contribution in [0.3, 0.4) is 0 Å². The van der Waals surface area contributed by atoms with Gasteiger partial charge in [-0.1, -0.05) is 50.2 Å². The fourth-order valence-electron chi connectivity index (χ4n) is 15.6. The Balaban J connectivity index is 1.29. The van der Waals surface area contributed by atoms with Crippen LogP contribution in [0.4, 0.5) is 0 Å². The van der Waals surface area contributed by atoms with Crippen molar-refractivity contribution >= 4 is 110 Å². The lowest BCUT2D eigenvalue weighted by Gasteiger charge is -2.34. The maximum Gasteiger partial charge on any atom is 0.246 e. The van der Waals surface area contributed by atoms with Crippen LogP contribution in [-0.4, -0.2) is 257 Å². The van der Waals surface area contributed by atoms with Crippen molar-refractivity contribution in [1.29, 1.82) is 0 Å². The number of guanidine groups is 1. The number of aliphatic imine (C=N–C) groups is 1. The molecule has 0 unspecified atom stereocenters. The Morgan fingerprint density at radius 1 is 0.390 bits per heavy atom. The molecule has 680 valence electrons. The average molecular weight is 1720 g/mol. The molecule has 2 aromatic heterocycles. The molecule has 123 heavy (non-hydrogen) atoms. The Labute approximate surface area is 718 Å². The number of carbonyl (C=O) groups is 14. The van der Waals surface area contributed by atoms with Crippen molar-refractivity contribution in [2.24, 2.45) is 51.0 Å².